The molecule has 0 aliphatic heterocycles. The molecule has 9 aromatic carbocycles. The lowest BCUT2D eigenvalue weighted by Gasteiger charge is -2.35. The first-order chi connectivity index (χ1) is 28.8. The second kappa shape index (κ2) is 12.9. The molecule has 272 valence electrons. The molecule has 11 aromatic rings. The molecule has 2 nitrogen and oxygen atoms in total. The number of hydrogen-bond donors (Lipinski definition) is 0. The van der Waals surface area contributed by atoms with Crippen LogP contribution in [0.15, 0.2) is 218 Å². The fourth-order valence-corrected chi connectivity index (χ4v) is 10.9. The lowest BCUT2D eigenvalue weighted by molar-refractivity contribution is 0.768. The Bertz CT molecular complexity index is 3250. The third-order valence-corrected chi connectivity index (χ3v) is 13.4. The van der Waals surface area contributed by atoms with Gasteiger partial charge in [0.1, 0.15) is 0 Å². The average Bonchev–Trinajstić information content (AvgIpc) is 3.93. The molecule has 0 unspecified atom stereocenters. The van der Waals surface area contributed by atoms with Gasteiger partial charge in [0.2, 0.25) is 0 Å². The van der Waals surface area contributed by atoms with Crippen molar-refractivity contribution in [2.45, 2.75) is 5.41 Å². The van der Waals surface area contributed by atoms with Crippen LogP contribution in [0.25, 0.3) is 58.8 Å². The van der Waals surface area contributed by atoms with E-state index in [0.29, 0.717) is 0 Å². The molecule has 2 heterocycles. The number of anilines is 3. The minimum absolute atomic E-state index is 0.478. The lowest BCUT2D eigenvalue weighted by atomic mass is 9.67. The van der Waals surface area contributed by atoms with Crippen molar-refractivity contribution in [2.75, 3.05) is 4.90 Å². The molecule has 2 aromatic heterocycles. The Morgan fingerprint density at radius 1 is 0.362 bits per heavy atom. The van der Waals surface area contributed by atoms with Crippen molar-refractivity contribution >= 4 is 70.4 Å². The summed E-state index contributed by atoms with van der Waals surface area (Å²) in [5.74, 6) is 0. The summed E-state index contributed by atoms with van der Waals surface area (Å²) in [7, 11) is 0. The first-order valence-electron chi connectivity index (χ1n) is 19.9. The highest BCUT2D eigenvalue weighted by Crippen LogP contribution is 2.57. The van der Waals surface area contributed by atoms with Crippen LogP contribution in [0.5, 0.6) is 0 Å². The van der Waals surface area contributed by atoms with E-state index in [1.165, 1.54) is 81.0 Å². The molecule has 3 heteroatoms. The van der Waals surface area contributed by atoms with E-state index >= 15 is 0 Å². The van der Waals surface area contributed by atoms with E-state index in [1.807, 2.05) is 11.3 Å². The van der Waals surface area contributed by atoms with Crippen molar-refractivity contribution in [3.05, 3.63) is 241 Å². The van der Waals surface area contributed by atoms with Crippen molar-refractivity contribution in [1.29, 1.82) is 0 Å². The zero-order valence-corrected chi connectivity index (χ0v) is 32.4. The summed E-state index contributed by atoms with van der Waals surface area (Å²) < 4.78 is 4.97. The Labute approximate surface area is 341 Å². The van der Waals surface area contributed by atoms with Crippen LogP contribution in [0, 0.1) is 0 Å². The first kappa shape index (κ1) is 33.0. The molecule has 1 aliphatic rings. The average molecular weight is 757 g/mol. The number of benzene rings is 9. The Morgan fingerprint density at radius 3 is 1.64 bits per heavy atom. The maximum Gasteiger partial charge on any atom is 0.0714 e. The Kier molecular flexibility index (Phi) is 7.35. The summed E-state index contributed by atoms with van der Waals surface area (Å²) >= 11 is 1.87. The van der Waals surface area contributed by atoms with E-state index < -0.39 is 5.41 Å². The van der Waals surface area contributed by atoms with Crippen LogP contribution in [0.2, 0.25) is 0 Å². The van der Waals surface area contributed by atoms with Crippen LogP contribution in [0.4, 0.5) is 17.1 Å². The Hall–Kier alpha value is -7.20. The van der Waals surface area contributed by atoms with E-state index in [4.69, 9.17) is 0 Å². The van der Waals surface area contributed by atoms with Gasteiger partial charge >= 0.3 is 0 Å². The van der Waals surface area contributed by atoms with Gasteiger partial charge in [0.25, 0.3) is 0 Å². The molecule has 0 saturated carbocycles. The third-order valence-electron chi connectivity index (χ3n) is 12.2. The second-order valence-corrected chi connectivity index (χ2v) is 16.3. The van der Waals surface area contributed by atoms with Crippen LogP contribution in [-0.4, -0.2) is 4.57 Å². The minimum Gasteiger partial charge on any atom is -0.310 e. The van der Waals surface area contributed by atoms with Gasteiger partial charge in [0, 0.05) is 53.7 Å². The number of aromatic nitrogens is 1. The number of hydrogen-bond acceptors (Lipinski definition) is 2. The van der Waals surface area contributed by atoms with E-state index in [1.54, 1.807) is 0 Å². The number of nitrogens with zero attached hydrogens (tertiary/aromatic N) is 2. The highest BCUT2D eigenvalue weighted by atomic mass is 32.1. The fraction of sp³-hybridized carbons (Fsp3) is 0.0182. The van der Waals surface area contributed by atoms with E-state index in [2.05, 4.69) is 228 Å². The summed E-state index contributed by atoms with van der Waals surface area (Å²) in [6, 6.07) is 80.5. The predicted molar refractivity (Wildman–Crippen MR) is 246 cm³/mol. The van der Waals surface area contributed by atoms with Crippen LogP contribution >= 0.6 is 11.3 Å². The van der Waals surface area contributed by atoms with Gasteiger partial charge in [-0.15, -0.1) is 11.3 Å². The van der Waals surface area contributed by atoms with Crippen LogP contribution in [0.1, 0.15) is 22.3 Å². The molecule has 0 atom stereocenters. The molecule has 0 bridgehead atoms. The summed E-state index contributed by atoms with van der Waals surface area (Å²) in [4.78, 5) is 2.43. The van der Waals surface area contributed by atoms with Gasteiger partial charge in [0.05, 0.1) is 16.4 Å². The normalized spacial score (nSPS) is 13.0. The fourth-order valence-electron chi connectivity index (χ4n) is 9.83. The van der Waals surface area contributed by atoms with Crippen molar-refractivity contribution in [1.82, 2.24) is 4.57 Å². The minimum atomic E-state index is -0.478. The largest absolute Gasteiger partial charge is 0.310 e. The standard InChI is InChI=1S/C55H36N2S/c1-4-16-37(17-5-1)55(38-18-6-2-7-19-38)49-25-13-10-22-43(49)44-31-28-41(35-50(44)55)56(39-20-8-3-9-21-39)40-30-33-53-48(34-40)47-32-29-42(36-54(47)58-53)57-51-26-14-11-23-45(51)46-24-12-15-27-52(46)57/h1-36H. The molecule has 0 N–H and O–H groups in total. The molecular formula is C55H36N2S. The third kappa shape index (κ3) is 4.78. The van der Waals surface area contributed by atoms with Gasteiger partial charge in [-0.1, -0.05) is 152 Å². The number of thiophene rings is 1. The number of para-hydroxylation sites is 3. The highest BCUT2D eigenvalue weighted by Gasteiger charge is 2.46. The predicted octanol–water partition coefficient (Wildman–Crippen LogP) is 15.0. The van der Waals surface area contributed by atoms with Gasteiger partial charge in [-0.25, -0.2) is 0 Å². The zero-order chi connectivity index (χ0) is 38.2. The van der Waals surface area contributed by atoms with Gasteiger partial charge in [-0.3, -0.25) is 0 Å². The lowest BCUT2D eigenvalue weighted by Crippen LogP contribution is -2.28. The van der Waals surface area contributed by atoms with Gasteiger partial charge in [-0.2, -0.15) is 0 Å². The topological polar surface area (TPSA) is 8.17 Å². The number of rotatable bonds is 6. The maximum absolute atomic E-state index is 2.45. The molecule has 58 heavy (non-hydrogen) atoms. The molecular weight excluding hydrogens is 721 g/mol. The van der Waals surface area contributed by atoms with Crippen molar-refractivity contribution in [3.63, 3.8) is 0 Å². The SMILES string of the molecule is c1ccc(N(c2ccc3c(c2)C(c2ccccc2)(c2ccccc2)c2ccccc2-3)c2ccc3sc4cc(-n5c6ccccc6c6ccccc65)ccc4c3c2)cc1. The van der Waals surface area contributed by atoms with Gasteiger partial charge < -0.3 is 9.47 Å². The molecule has 0 fully saturated rings. The van der Waals surface area contributed by atoms with E-state index in [-0.39, 0.29) is 0 Å². The molecule has 12 rings (SSSR count). The van der Waals surface area contributed by atoms with Crippen LogP contribution < -0.4 is 4.90 Å². The monoisotopic (exact) mass is 756 g/mol. The molecule has 1 aliphatic carbocycles. The molecule has 0 spiro atoms. The van der Waals surface area contributed by atoms with Crippen LogP contribution in [-0.2, 0) is 5.41 Å². The number of fused-ring (bicyclic) bond motifs is 9. The molecule has 0 amide bonds. The van der Waals surface area contributed by atoms with Crippen molar-refractivity contribution in [3.8, 4) is 16.8 Å². The molecule has 0 radical (unpaired) electrons. The Balaban J connectivity index is 1.05. The Morgan fingerprint density at radius 2 is 0.931 bits per heavy atom. The summed E-state index contributed by atoms with van der Waals surface area (Å²) in [6.45, 7) is 0. The van der Waals surface area contributed by atoms with Gasteiger partial charge in [0.15, 0.2) is 0 Å². The van der Waals surface area contributed by atoms with E-state index in [9.17, 15) is 0 Å². The van der Waals surface area contributed by atoms with E-state index in [0.717, 1.165) is 17.1 Å². The quantitative estimate of drug-likeness (QED) is 0.164. The smallest absolute Gasteiger partial charge is 0.0714 e. The van der Waals surface area contributed by atoms with Crippen molar-refractivity contribution in [2.24, 2.45) is 0 Å². The molecule has 0 saturated heterocycles. The summed E-state index contributed by atoms with van der Waals surface area (Å²) in [5, 5.41) is 5.10. The first-order valence-corrected chi connectivity index (χ1v) is 20.7. The van der Waals surface area contributed by atoms with Gasteiger partial charge in [-0.05, 0) is 100 Å². The summed E-state index contributed by atoms with van der Waals surface area (Å²) in [5.41, 5.74) is 14.2. The highest BCUT2D eigenvalue weighted by molar-refractivity contribution is 7.25. The zero-order valence-electron chi connectivity index (χ0n) is 31.6. The maximum atomic E-state index is 2.45. The van der Waals surface area contributed by atoms with Crippen molar-refractivity contribution < 1.29 is 0 Å². The summed E-state index contributed by atoms with van der Waals surface area (Å²) in [6.07, 6.45) is 0. The second-order valence-electron chi connectivity index (χ2n) is 15.3. The van der Waals surface area contributed by atoms with Crippen LogP contribution in [0.3, 0.4) is 0 Å².